The van der Waals surface area contributed by atoms with E-state index in [1.807, 2.05) is 12.1 Å². The first kappa shape index (κ1) is 36.7. The molecule has 298 valence electrons. The van der Waals surface area contributed by atoms with Gasteiger partial charge < -0.3 is 9.30 Å². The van der Waals surface area contributed by atoms with Gasteiger partial charge in [-0.3, -0.25) is 0 Å². The van der Waals surface area contributed by atoms with E-state index in [2.05, 4.69) is 213 Å². The smallest absolute Gasteiger partial charge is 0.164 e. The van der Waals surface area contributed by atoms with Crippen molar-refractivity contribution >= 4 is 32.6 Å². The fourth-order valence-corrected chi connectivity index (χ4v) is 9.65. The molecule has 5 nitrogen and oxygen atoms in total. The number of hydrogen-bond donors (Lipinski definition) is 0. The summed E-state index contributed by atoms with van der Waals surface area (Å²) in [5, 5.41) is 4.79. The van der Waals surface area contributed by atoms with Crippen molar-refractivity contribution in [1.29, 1.82) is 0 Å². The Morgan fingerprint density at radius 2 is 0.905 bits per heavy atom. The molecule has 9 aromatic carbocycles. The van der Waals surface area contributed by atoms with Gasteiger partial charge >= 0.3 is 0 Å². The Morgan fingerprint density at radius 1 is 0.413 bits per heavy atom. The topological polar surface area (TPSA) is 52.8 Å². The lowest BCUT2D eigenvalue weighted by molar-refractivity contribution is 0.424. The summed E-state index contributed by atoms with van der Waals surface area (Å²) in [6.07, 6.45) is 0. The van der Waals surface area contributed by atoms with Gasteiger partial charge in [0.15, 0.2) is 23.2 Å². The van der Waals surface area contributed by atoms with E-state index < -0.39 is 0 Å². The number of fused-ring (bicyclic) bond motifs is 9. The summed E-state index contributed by atoms with van der Waals surface area (Å²) >= 11 is 0. The third kappa shape index (κ3) is 6.04. The SMILES string of the molecule is CC1(C)c2ccccc2Oc2c1c1ccccc1c1c3ccccc3n(-c3ccc(-c4nc(-c5cccc(-c6ccccc6)c5)nc(-c5cccc(-c6ccccc6)c5)n4)cc3)c21. The van der Waals surface area contributed by atoms with E-state index >= 15 is 0 Å². The molecule has 0 spiro atoms. The zero-order valence-electron chi connectivity index (χ0n) is 34.8. The summed E-state index contributed by atoms with van der Waals surface area (Å²) in [5.41, 5.74) is 12.5. The van der Waals surface area contributed by atoms with Crippen molar-refractivity contribution in [2.45, 2.75) is 19.3 Å². The fourth-order valence-electron chi connectivity index (χ4n) is 9.65. The van der Waals surface area contributed by atoms with Crippen molar-refractivity contribution in [3.63, 3.8) is 0 Å². The van der Waals surface area contributed by atoms with Crippen LogP contribution in [0.15, 0.2) is 206 Å². The zero-order chi connectivity index (χ0) is 42.1. The van der Waals surface area contributed by atoms with E-state index in [1.54, 1.807) is 0 Å². The Bertz CT molecular complexity index is 3450. The molecule has 0 saturated carbocycles. The lowest BCUT2D eigenvalue weighted by Gasteiger charge is -2.36. The highest BCUT2D eigenvalue weighted by Gasteiger charge is 2.38. The van der Waals surface area contributed by atoms with Crippen molar-refractivity contribution < 1.29 is 4.74 Å². The van der Waals surface area contributed by atoms with Crippen LogP contribution in [0.2, 0.25) is 0 Å². The number of benzene rings is 9. The molecular formula is C58H40N4O. The molecule has 0 atom stereocenters. The Morgan fingerprint density at radius 3 is 1.54 bits per heavy atom. The second-order valence-electron chi connectivity index (χ2n) is 16.8. The molecule has 5 heteroatoms. The van der Waals surface area contributed by atoms with Gasteiger partial charge in [-0.15, -0.1) is 0 Å². The van der Waals surface area contributed by atoms with Crippen LogP contribution in [-0.2, 0) is 5.41 Å². The number of rotatable bonds is 6. The maximum absolute atomic E-state index is 7.06. The summed E-state index contributed by atoms with van der Waals surface area (Å²) < 4.78 is 9.43. The van der Waals surface area contributed by atoms with Crippen molar-refractivity contribution in [2.24, 2.45) is 0 Å². The fraction of sp³-hybridized carbons (Fsp3) is 0.0517. The van der Waals surface area contributed by atoms with Crippen molar-refractivity contribution in [1.82, 2.24) is 19.5 Å². The predicted octanol–water partition coefficient (Wildman–Crippen LogP) is 14.9. The minimum Gasteiger partial charge on any atom is -0.454 e. The Kier molecular flexibility index (Phi) is 8.44. The highest BCUT2D eigenvalue weighted by atomic mass is 16.5. The minimum atomic E-state index is -0.307. The number of nitrogens with zero attached hydrogens (tertiary/aromatic N) is 4. The summed E-state index contributed by atoms with van der Waals surface area (Å²) in [4.78, 5) is 15.5. The normalized spacial score (nSPS) is 12.9. The molecule has 12 rings (SSSR count). The van der Waals surface area contributed by atoms with Gasteiger partial charge in [0.05, 0.1) is 11.0 Å². The first-order valence-electron chi connectivity index (χ1n) is 21.4. The third-order valence-corrected chi connectivity index (χ3v) is 12.7. The van der Waals surface area contributed by atoms with Crippen LogP contribution >= 0.6 is 0 Å². The molecule has 0 bridgehead atoms. The van der Waals surface area contributed by atoms with Gasteiger partial charge in [-0.2, -0.15) is 0 Å². The molecule has 2 aromatic heterocycles. The van der Waals surface area contributed by atoms with Gasteiger partial charge in [0.2, 0.25) is 0 Å². The van der Waals surface area contributed by atoms with E-state index in [4.69, 9.17) is 19.7 Å². The van der Waals surface area contributed by atoms with Crippen LogP contribution < -0.4 is 4.74 Å². The Hall–Kier alpha value is -8.15. The lowest BCUT2D eigenvalue weighted by Crippen LogP contribution is -2.25. The second-order valence-corrected chi connectivity index (χ2v) is 16.8. The van der Waals surface area contributed by atoms with Crippen molar-refractivity contribution in [3.05, 3.63) is 217 Å². The van der Waals surface area contributed by atoms with Gasteiger partial charge in [0, 0.05) is 49.7 Å². The molecule has 0 saturated heterocycles. The van der Waals surface area contributed by atoms with Gasteiger partial charge in [0.1, 0.15) is 5.75 Å². The van der Waals surface area contributed by atoms with Crippen molar-refractivity contribution in [2.75, 3.05) is 0 Å². The van der Waals surface area contributed by atoms with Crippen LogP contribution in [0.3, 0.4) is 0 Å². The molecule has 3 heterocycles. The zero-order valence-corrected chi connectivity index (χ0v) is 34.8. The molecule has 0 N–H and O–H groups in total. The highest BCUT2D eigenvalue weighted by Crippen LogP contribution is 2.55. The van der Waals surface area contributed by atoms with Crippen LogP contribution in [0.5, 0.6) is 11.5 Å². The van der Waals surface area contributed by atoms with Gasteiger partial charge in [-0.1, -0.05) is 172 Å². The first-order valence-corrected chi connectivity index (χ1v) is 21.4. The number of aromatic nitrogens is 4. The predicted molar refractivity (Wildman–Crippen MR) is 257 cm³/mol. The van der Waals surface area contributed by atoms with Crippen LogP contribution in [0.25, 0.3) is 94.7 Å². The van der Waals surface area contributed by atoms with Crippen LogP contribution in [0, 0.1) is 0 Å². The molecule has 1 aliphatic rings. The molecule has 1 aliphatic heterocycles. The monoisotopic (exact) mass is 808 g/mol. The number of hydrogen-bond acceptors (Lipinski definition) is 4. The van der Waals surface area contributed by atoms with Crippen LogP contribution in [0.1, 0.15) is 25.0 Å². The summed E-state index contributed by atoms with van der Waals surface area (Å²) in [5.74, 6) is 3.62. The Labute approximate surface area is 365 Å². The molecular weight excluding hydrogens is 769 g/mol. The number of ether oxygens (including phenoxy) is 1. The first-order chi connectivity index (χ1) is 31.0. The Balaban J connectivity index is 1.04. The van der Waals surface area contributed by atoms with Crippen LogP contribution in [0.4, 0.5) is 0 Å². The third-order valence-electron chi connectivity index (χ3n) is 12.7. The maximum Gasteiger partial charge on any atom is 0.164 e. The molecule has 0 amide bonds. The lowest BCUT2D eigenvalue weighted by atomic mass is 9.73. The van der Waals surface area contributed by atoms with Gasteiger partial charge in [0.25, 0.3) is 0 Å². The molecule has 0 unspecified atom stereocenters. The summed E-state index contributed by atoms with van der Waals surface area (Å²) in [6, 6.07) is 72.3. The standard InChI is InChI=1S/C58H40N4O/c1-58(2)48-28-12-14-30-50(48)63-54-52(58)46-26-10-9-25-45(46)51-47-27-11-13-29-49(47)62(53(51)54)44-33-31-39(32-34-44)55-59-56(42-23-15-21-40(35-42)37-17-5-3-6-18-37)61-57(60-55)43-24-16-22-41(36-43)38-19-7-4-8-20-38/h3-36H,1-2H3. The number of para-hydroxylation sites is 2. The van der Waals surface area contributed by atoms with E-state index in [9.17, 15) is 0 Å². The molecule has 11 aromatic rings. The molecule has 0 fully saturated rings. The van der Waals surface area contributed by atoms with Gasteiger partial charge in [-0.05, 0) is 81.6 Å². The molecule has 63 heavy (non-hydrogen) atoms. The average Bonchev–Trinajstić information content (AvgIpc) is 3.70. The van der Waals surface area contributed by atoms with E-state index in [0.29, 0.717) is 17.5 Å². The second kappa shape index (κ2) is 14.5. The minimum absolute atomic E-state index is 0.307. The van der Waals surface area contributed by atoms with E-state index in [0.717, 1.165) is 67.2 Å². The summed E-state index contributed by atoms with van der Waals surface area (Å²) in [7, 11) is 0. The van der Waals surface area contributed by atoms with Gasteiger partial charge in [-0.25, -0.2) is 15.0 Å². The molecule has 0 radical (unpaired) electrons. The van der Waals surface area contributed by atoms with Crippen molar-refractivity contribution in [3.8, 4) is 73.6 Å². The summed E-state index contributed by atoms with van der Waals surface area (Å²) in [6.45, 7) is 4.64. The average molecular weight is 809 g/mol. The highest BCUT2D eigenvalue weighted by molar-refractivity contribution is 6.24. The van der Waals surface area contributed by atoms with E-state index in [1.165, 1.54) is 32.7 Å². The van der Waals surface area contributed by atoms with Crippen LogP contribution in [-0.4, -0.2) is 19.5 Å². The molecule has 0 aliphatic carbocycles. The largest absolute Gasteiger partial charge is 0.454 e. The quantitative estimate of drug-likeness (QED) is 0.168. The van der Waals surface area contributed by atoms with E-state index in [-0.39, 0.29) is 5.41 Å². The maximum atomic E-state index is 7.06.